The molecule has 0 bridgehead atoms. The lowest BCUT2D eigenvalue weighted by molar-refractivity contribution is 0.407. The van der Waals surface area contributed by atoms with Crippen LogP contribution in [0.2, 0.25) is 0 Å². The minimum atomic E-state index is -0.235. The first kappa shape index (κ1) is 13.7. The summed E-state index contributed by atoms with van der Waals surface area (Å²) in [6.45, 7) is 7.14. The molecule has 0 saturated heterocycles. The monoisotopic (exact) mass is 290 g/mol. The van der Waals surface area contributed by atoms with Crippen LogP contribution in [0.4, 0.5) is 4.39 Å². The first-order valence-electron chi connectivity index (χ1n) is 7.05. The van der Waals surface area contributed by atoms with Gasteiger partial charge < -0.3 is 5.32 Å². The number of fused-ring (bicyclic) bond motifs is 1. The van der Waals surface area contributed by atoms with E-state index in [-0.39, 0.29) is 11.4 Å². The highest BCUT2D eigenvalue weighted by atomic mass is 32.1. The maximum Gasteiger partial charge on any atom is 0.123 e. The van der Waals surface area contributed by atoms with E-state index in [1.807, 2.05) is 6.07 Å². The molecule has 106 valence electrons. The molecule has 1 N–H and O–H groups in total. The molecular formula is C16H19FN2S. The minimum Gasteiger partial charge on any atom is -0.302 e. The van der Waals surface area contributed by atoms with Crippen LogP contribution in [0.3, 0.4) is 0 Å². The standard InChI is InChI=1S/C16H19FN2S/c1-4-18-16(15-19-10(2)11(3)20-15)8-7-12-9-13(17)5-6-14(12)16/h5-6,9,18H,4,7-8H2,1-3H3. The molecule has 4 heteroatoms. The van der Waals surface area contributed by atoms with Crippen molar-refractivity contribution in [3.63, 3.8) is 0 Å². The summed E-state index contributed by atoms with van der Waals surface area (Å²) in [5, 5.41) is 4.73. The summed E-state index contributed by atoms with van der Waals surface area (Å²) in [5.74, 6) is -0.150. The number of nitrogens with one attached hydrogen (secondary N) is 1. The number of hydrogen-bond acceptors (Lipinski definition) is 3. The molecule has 1 aliphatic carbocycles. The largest absolute Gasteiger partial charge is 0.302 e. The molecule has 1 heterocycles. The molecule has 1 aromatic heterocycles. The molecule has 20 heavy (non-hydrogen) atoms. The Bertz CT molecular complexity index is 630. The molecule has 1 aromatic carbocycles. The number of hydrogen-bond donors (Lipinski definition) is 1. The Hall–Kier alpha value is -1.26. The number of rotatable bonds is 3. The maximum absolute atomic E-state index is 13.4. The Morgan fingerprint density at radius 1 is 1.40 bits per heavy atom. The van der Waals surface area contributed by atoms with Gasteiger partial charge in [-0.15, -0.1) is 11.3 Å². The lowest BCUT2D eigenvalue weighted by Gasteiger charge is -2.29. The molecule has 0 saturated carbocycles. The van der Waals surface area contributed by atoms with Gasteiger partial charge in [-0.3, -0.25) is 0 Å². The lowest BCUT2D eigenvalue weighted by atomic mass is 9.92. The smallest absolute Gasteiger partial charge is 0.123 e. The van der Waals surface area contributed by atoms with Crippen LogP contribution >= 0.6 is 11.3 Å². The van der Waals surface area contributed by atoms with Crippen LogP contribution in [0.1, 0.15) is 40.1 Å². The Morgan fingerprint density at radius 3 is 2.85 bits per heavy atom. The molecule has 1 atom stereocenters. The molecule has 2 aromatic rings. The first-order valence-corrected chi connectivity index (χ1v) is 7.87. The van der Waals surface area contributed by atoms with E-state index < -0.39 is 0 Å². The average Bonchev–Trinajstić information content (AvgIpc) is 2.93. The van der Waals surface area contributed by atoms with Crippen LogP contribution in [0.25, 0.3) is 0 Å². The predicted molar refractivity (Wildman–Crippen MR) is 80.8 cm³/mol. The molecule has 3 rings (SSSR count). The summed E-state index contributed by atoms with van der Waals surface area (Å²) in [6.07, 6.45) is 1.85. The fourth-order valence-electron chi connectivity index (χ4n) is 3.08. The van der Waals surface area contributed by atoms with Gasteiger partial charge in [0.1, 0.15) is 10.8 Å². The summed E-state index contributed by atoms with van der Waals surface area (Å²) in [7, 11) is 0. The van der Waals surface area contributed by atoms with Gasteiger partial charge in [0.05, 0.1) is 11.2 Å². The number of aromatic nitrogens is 1. The van der Waals surface area contributed by atoms with Crippen molar-refractivity contribution in [1.82, 2.24) is 10.3 Å². The van der Waals surface area contributed by atoms with Crippen molar-refractivity contribution in [1.29, 1.82) is 0 Å². The molecule has 0 amide bonds. The number of halogens is 1. The van der Waals surface area contributed by atoms with Crippen LogP contribution < -0.4 is 5.32 Å². The van der Waals surface area contributed by atoms with Crippen molar-refractivity contribution >= 4 is 11.3 Å². The SMILES string of the molecule is CCNC1(c2nc(C)c(C)s2)CCc2cc(F)ccc21. The third-order valence-electron chi connectivity index (χ3n) is 4.17. The summed E-state index contributed by atoms with van der Waals surface area (Å²) in [6, 6.07) is 5.15. The quantitative estimate of drug-likeness (QED) is 0.932. The normalized spacial score (nSPS) is 21.2. The van der Waals surface area contributed by atoms with Crippen LogP contribution in [0, 0.1) is 19.7 Å². The van der Waals surface area contributed by atoms with Crippen LogP contribution in [0.15, 0.2) is 18.2 Å². The second-order valence-corrected chi connectivity index (χ2v) is 6.60. The van der Waals surface area contributed by atoms with Gasteiger partial charge in [-0.1, -0.05) is 13.0 Å². The zero-order chi connectivity index (χ0) is 14.3. The van der Waals surface area contributed by atoms with Crippen molar-refractivity contribution in [2.45, 2.75) is 39.2 Å². The molecule has 0 fully saturated rings. The summed E-state index contributed by atoms with van der Waals surface area (Å²) in [4.78, 5) is 6.02. The zero-order valence-corrected chi connectivity index (χ0v) is 12.9. The van der Waals surface area contributed by atoms with Gasteiger partial charge >= 0.3 is 0 Å². The first-order chi connectivity index (χ1) is 9.56. The van der Waals surface area contributed by atoms with Crippen molar-refractivity contribution in [2.75, 3.05) is 6.54 Å². The minimum absolute atomic E-state index is 0.150. The average molecular weight is 290 g/mol. The van der Waals surface area contributed by atoms with E-state index in [1.165, 1.54) is 10.4 Å². The highest BCUT2D eigenvalue weighted by Crippen LogP contribution is 2.44. The Balaban J connectivity index is 2.16. The highest BCUT2D eigenvalue weighted by Gasteiger charge is 2.42. The Labute approximate surface area is 123 Å². The van der Waals surface area contributed by atoms with E-state index >= 15 is 0 Å². The number of aryl methyl sites for hydroxylation is 3. The van der Waals surface area contributed by atoms with Gasteiger partial charge in [-0.2, -0.15) is 0 Å². The molecule has 1 unspecified atom stereocenters. The number of thiazole rings is 1. The third-order valence-corrected chi connectivity index (χ3v) is 5.40. The molecule has 2 nitrogen and oxygen atoms in total. The molecule has 0 spiro atoms. The summed E-state index contributed by atoms with van der Waals surface area (Å²) >= 11 is 1.75. The number of benzene rings is 1. The van der Waals surface area contributed by atoms with E-state index in [9.17, 15) is 4.39 Å². The Morgan fingerprint density at radius 2 is 2.20 bits per heavy atom. The molecule has 0 radical (unpaired) electrons. The number of nitrogens with zero attached hydrogens (tertiary/aromatic N) is 1. The molecule has 0 aliphatic heterocycles. The lowest BCUT2D eigenvalue weighted by Crippen LogP contribution is -2.41. The van der Waals surface area contributed by atoms with Crippen molar-refractivity contribution in [2.24, 2.45) is 0 Å². The fourth-order valence-corrected chi connectivity index (χ4v) is 4.21. The van der Waals surface area contributed by atoms with E-state index in [1.54, 1.807) is 23.5 Å². The van der Waals surface area contributed by atoms with Gasteiger partial charge in [0.15, 0.2) is 0 Å². The van der Waals surface area contributed by atoms with Gasteiger partial charge in [0.25, 0.3) is 0 Å². The fraction of sp³-hybridized carbons (Fsp3) is 0.438. The van der Waals surface area contributed by atoms with Crippen molar-refractivity contribution < 1.29 is 4.39 Å². The zero-order valence-electron chi connectivity index (χ0n) is 12.1. The summed E-state index contributed by atoms with van der Waals surface area (Å²) in [5.41, 5.74) is 3.16. The van der Waals surface area contributed by atoms with Crippen molar-refractivity contribution in [3.8, 4) is 0 Å². The van der Waals surface area contributed by atoms with Crippen LogP contribution in [0.5, 0.6) is 0 Å². The predicted octanol–water partition coefficient (Wildman–Crippen LogP) is 3.70. The Kier molecular flexibility index (Phi) is 3.38. The van der Waals surface area contributed by atoms with Crippen LogP contribution in [-0.2, 0) is 12.0 Å². The second-order valence-electron chi connectivity index (χ2n) is 5.40. The topological polar surface area (TPSA) is 24.9 Å². The van der Waals surface area contributed by atoms with E-state index in [0.717, 1.165) is 35.7 Å². The van der Waals surface area contributed by atoms with Gasteiger partial charge in [-0.05, 0) is 56.5 Å². The van der Waals surface area contributed by atoms with E-state index in [4.69, 9.17) is 4.98 Å². The van der Waals surface area contributed by atoms with Crippen LogP contribution in [-0.4, -0.2) is 11.5 Å². The third kappa shape index (κ3) is 1.98. The van der Waals surface area contributed by atoms with E-state index in [2.05, 4.69) is 26.1 Å². The molecule has 1 aliphatic rings. The highest BCUT2D eigenvalue weighted by molar-refractivity contribution is 7.11. The summed E-state index contributed by atoms with van der Waals surface area (Å²) < 4.78 is 13.4. The van der Waals surface area contributed by atoms with Gasteiger partial charge in [0, 0.05) is 4.88 Å². The maximum atomic E-state index is 13.4. The second kappa shape index (κ2) is 4.93. The molecular weight excluding hydrogens is 271 g/mol. The van der Waals surface area contributed by atoms with Crippen molar-refractivity contribution in [3.05, 3.63) is 50.7 Å². The van der Waals surface area contributed by atoms with Gasteiger partial charge in [-0.25, -0.2) is 9.37 Å². The van der Waals surface area contributed by atoms with E-state index in [0.29, 0.717) is 0 Å². The van der Waals surface area contributed by atoms with Gasteiger partial charge in [0.2, 0.25) is 0 Å².